The van der Waals surface area contributed by atoms with Crippen molar-refractivity contribution < 1.29 is 43.3 Å². The number of nitrogens with one attached hydrogen (secondary N) is 1. The number of aryl methyl sites for hydroxylation is 1. The highest BCUT2D eigenvalue weighted by molar-refractivity contribution is 6.00. The van der Waals surface area contributed by atoms with Crippen LogP contribution in [0.3, 0.4) is 0 Å². The number of carboxylic acids is 1. The number of aliphatic carboxylic acids is 1. The first-order chi connectivity index (χ1) is 21.5. The van der Waals surface area contributed by atoms with Crippen LogP contribution in [-0.2, 0) is 30.5 Å². The van der Waals surface area contributed by atoms with Gasteiger partial charge in [-0.3, -0.25) is 14.4 Å². The predicted molar refractivity (Wildman–Crippen MR) is 161 cm³/mol. The van der Waals surface area contributed by atoms with Crippen molar-refractivity contribution >= 4 is 40.7 Å². The normalized spacial score (nSPS) is 14.3. The van der Waals surface area contributed by atoms with Crippen LogP contribution in [0.1, 0.15) is 41.9 Å². The van der Waals surface area contributed by atoms with Crippen LogP contribution >= 0.6 is 0 Å². The fraction of sp³-hybridized carbons (Fsp3) is 0.375. The molecular formula is C32H36N4O9. The SMILES string of the molecule is CCOC(=O)N1CCN(C(=O)C(CC(=O)O)NC(=O)c2cc(O[C@H](C)C(=O)OCc3ccccc3)c3ccc(C)cc3n2)CC1. The summed E-state index contributed by atoms with van der Waals surface area (Å²) in [7, 11) is 0. The molecule has 0 bridgehead atoms. The van der Waals surface area contributed by atoms with Crippen molar-refractivity contribution in [3.8, 4) is 5.75 Å². The van der Waals surface area contributed by atoms with E-state index in [0.29, 0.717) is 10.9 Å². The number of hydrogen-bond acceptors (Lipinski definition) is 9. The van der Waals surface area contributed by atoms with Gasteiger partial charge in [0.25, 0.3) is 5.91 Å². The van der Waals surface area contributed by atoms with Crippen LogP contribution in [0.2, 0.25) is 0 Å². The number of ether oxygens (including phenoxy) is 3. The molecule has 1 aromatic heterocycles. The first-order valence-corrected chi connectivity index (χ1v) is 14.6. The third kappa shape index (κ3) is 8.68. The number of pyridine rings is 1. The molecule has 45 heavy (non-hydrogen) atoms. The Balaban J connectivity index is 1.50. The number of carboxylic acid groups (broad SMARTS) is 1. The number of hydrogen-bond donors (Lipinski definition) is 2. The first kappa shape index (κ1) is 32.7. The van der Waals surface area contributed by atoms with Gasteiger partial charge in [-0.05, 0) is 44.0 Å². The number of carbonyl (C=O) groups is 5. The maximum Gasteiger partial charge on any atom is 0.409 e. The van der Waals surface area contributed by atoms with Gasteiger partial charge in [0, 0.05) is 37.6 Å². The fourth-order valence-electron chi connectivity index (χ4n) is 4.76. The quantitative estimate of drug-likeness (QED) is 0.305. The topological polar surface area (TPSA) is 165 Å². The molecule has 1 fully saturated rings. The van der Waals surface area contributed by atoms with E-state index in [1.165, 1.54) is 22.8 Å². The Bertz CT molecular complexity index is 1550. The van der Waals surface area contributed by atoms with Crippen molar-refractivity contribution in [1.29, 1.82) is 0 Å². The number of rotatable bonds is 11. The second-order valence-electron chi connectivity index (χ2n) is 10.5. The zero-order chi connectivity index (χ0) is 32.5. The van der Waals surface area contributed by atoms with Crippen LogP contribution in [-0.4, -0.2) is 94.7 Å². The summed E-state index contributed by atoms with van der Waals surface area (Å²) in [4.78, 5) is 70.5. The second-order valence-corrected chi connectivity index (χ2v) is 10.5. The molecule has 1 saturated heterocycles. The Hall–Kier alpha value is -5.20. The highest BCUT2D eigenvalue weighted by Gasteiger charge is 2.32. The maximum absolute atomic E-state index is 13.4. The average molecular weight is 621 g/mol. The first-order valence-electron chi connectivity index (χ1n) is 14.6. The van der Waals surface area contributed by atoms with Gasteiger partial charge in [0.1, 0.15) is 24.1 Å². The molecule has 3 amide bonds. The van der Waals surface area contributed by atoms with Crippen molar-refractivity contribution in [2.75, 3.05) is 32.8 Å². The van der Waals surface area contributed by atoms with E-state index < -0.39 is 48.4 Å². The van der Waals surface area contributed by atoms with Crippen molar-refractivity contribution in [2.45, 2.75) is 45.9 Å². The van der Waals surface area contributed by atoms with Crippen LogP contribution in [0.5, 0.6) is 5.75 Å². The molecule has 1 aliphatic heterocycles. The van der Waals surface area contributed by atoms with E-state index in [0.717, 1.165) is 11.1 Å². The van der Waals surface area contributed by atoms with Gasteiger partial charge in [-0.1, -0.05) is 36.4 Å². The smallest absolute Gasteiger partial charge is 0.409 e. The average Bonchev–Trinajstić information content (AvgIpc) is 3.03. The molecule has 4 rings (SSSR count). The van der Waals surface area contributed by atoms with Gasteiger partial charge in [-0.15, -0.1) is 0 Å². The maximum atomic E-state index is 13.4. The summed E-state index contributed by atoms with van der Waals surface area (Å²) >= 11 is 0. The molecule has 1 aliphatic rings. The molecule has 0 spiro atoms. The van der Waals surface area contributed by atoms with E-state index in [-0.39, 0.29) is 50.8 Å². The molecule has 1 unspecified atom stereocenters. The molecule has 3 aromatic rings. The van der Waals surface area contributed by atoms with E-state index in [9.17, 15) is 29.1 Å². The lowest BCUT2D eigenvalue weighted by atomic mass is 10.1. The fourth-order valence-corrected chi connectivity index (χ4v) is 4.76. The minimum atomic E-state index is -1.39. The third-order valence-corrected chi connectivity index (χ3v) is 7.12. The lowest BCUT2D eigenvalue weighted by Gasteiger charge is -2.35. The van der Waals surface area contributed by atoms with E-state index in [2.05, 4.69) is 10.3 Å². The Morgan fingerprint density at radius 1 is 0.956 bits per heavy atom. The Labute approximate surface area is 260 Å². The summed E-state index contributed by atoms with van der Waals surface area (Å²) < 4.78 is 16.4. The van der Waals surface area contributed by atoms with Crippen LogP contribution < -0.4 is 10.1 Å². The number of fused-ring (bicyclic) bond motifs is 1. The molecule has 13 nitrogen and oxygen atoms in total. The molecule has 0 aliphatic carbocycles. The highest BCUT2D eigenvalue weighted by Crippen LogP contribution is 2.28. The lowest BCUT2D eigenvalue weighted by Crippen LogP contribution is -2.56. The van der Waals surface area contributed by atoms with Crippen LogP contribution in [0.25, 0.3) is 10.9 Å². The number of amides is 3. The molecule has 238 valence electrons. The minimum absolute atomic E-state index is 0.0637. The minimum Gasteiger partial charge on any atom is -0.481 e. The zero-order valence-corrected chi connectivity index (χ0v) is 25.4. The van der Waals surface area contributed by atoms with Gasteiger partial charge in [-0.25, -0.2) is 14.6 Å². The molecule has 2 heterocycles. The molecule has 13 heteroatoms. The number of benzene rings is 2. The van der Waals surface area contributed by atoms with Gasteiger partial charge in [0.15, 0.2) is 6.10 Å². The summed E-state index contributed by atoms with van der Waals surface area (Å²) in [6.07, 6.45) is -2.19. The Morgan fingerprint density at radius 2 is 1.64 bits per heavy atom. The van der Waals surface area contributed by atoms with Crippen LogP contribution in [0.15, 0.2) is 54.6 Å². The van der Waals surface area contributed by atoms with E-state index in [4.69, 9.17) is 14.2 Å². The summed E-state index contributed by atoms with van der Waals surface area (Å²) in [6.45, 7) is 6.05. The van der Waals surface area contributed by atoms with E-state index in [1.807, 2.05) is 43.3 Å². The standard InChI is InChI=1S/C32H36N4O9/c1-4-43-32(42)36-14-12-35(13-15-36)30(40)26(18-28(37)38)34-29(39)25-17-27(23-11-10-20(2)16-24(23)33-25)45-21(3)31(41)44-19-22-8-6-5-7-9-22/h5-11,16-17,21,26H,4,12-15,18-19H2,1-3H3,(H,34,39)(H,37,38)/t21-,26?/m1/s1. The Morgan fingerprint density at radius 3 is 2.31 bits per heavy atom. The predicted octanol–water partition coefficient (Wildman–Crippen LogP) is 2.93. The van der Waals surface area contributed by atoms with Crippen LogP contribution in [0.4, 0.5) is 4.79 Å². The molecule has 0 radical (unpaired) electrons. The number of nitrogens with zero attached hydrogens (tertiary/aromatic N) is 3. The molecule has 2 aromatic carbocycles. The van der Waals surface area contributed by atoms with Gasteiger partial charge in [0.05, 0.1) is 18.5 Å². The molecule has 2 atom stereocenters. The number of carbonyl (C=O) groups excluding carboxylic acids is 4. The van der Waals surface area contributed by atoms with Gasteiger partial charge in [0.2, 0.25) is 5.91 Å². The van der Waals surface area contributed by atoms with E-state index in [1.54, 1.807) is 19.1 Å². The molecular weight excluding hydrogens is 584 g/mol. The van der Waals surface area contributed by atoms with Crippen molar-refractivity contribution in [3.63, 3.8) is 0 Å². The molecule has 0 saturated carbocycles. The number of piperazine rings is 1. The largest absolute Gasteiger partial charge is 0.481 e. The van der Waals surface area contributed by atoms with Crippen molar-refractivity contribution in [3.05, 3.63) is 71.4 Å². The van der Waals surface area contributed by atoms with Crippen LogP contribution in [0, 0.1) is 6.92 Å². The van der Waals surface area contributed by atoms with E-state index >= 15 is 0 Å². The lowest BCUT2D eigenvalue weighted by molar-refractivity contribution is -0.152. The summed E-state index contributed by atoms with van der Waals surface area (Å²) in [5.74, 6) is -3.11. The summed E-state index contributed by atoms with van der Waals surface area (Å²) in [6, 6.07) is 14.5. The zero-order valence-electron chi connectivity index (χ0n) is 25.4. The Kier molecular flexibility index (Phi) is 10.9. The monoisotopic (exact) mass is 620 g/mol. The number of aromatic nitrogens is 1. The summed E-state index contributed by atoms with van der Waals surface area (Å²) in [5, 5.41) is 12.6. The number of esters is 1. The van der Waals surface area contributed by atoms with Crippen molar-refractivity contribution in [1.82, 2.24) is 20.1 Å². The van der Waals surface area contributed by atoms with Gasteiger partial charge in [-0.2, -0.15) is 0 Å². The van der Waals surface area contributed by atoms with Crippen molar-refractivity contribution in [2.24, 2.45) is 0 Å². The third-order valence-electron chi connectivity index (χ3n) is 7.12. The van der Waals surface area contributed by atoms with Gasteiger partial charge >= 0.3 is 18.0 Å². The highest BCUT2D eigenvalue weighted by atomic mass is 16.6. The van der Waals surface area contributed by atoms with Gasteiger partial charge < -0.3 is 34.4 Å². The summed E-state index contributed by atoms with van der Waals surface area (Å²) in [5.41, 5.74) is 1.94. The molecule has 2 N–H and O–H groups in total. The second kappa shape index (κ2) is 15.0.